The Labute approximate surface area is 126 Å². The summed E-state index contributed by atoms with van der Waals surface area (Å²) in [5.41, 5.74) is 1.24. The van der Waals surface area contributed by atoms with Crippen LogP contribution in [0.15, 0.2) is 24.4 Å². The molecule has 8 heteroatoms. The molecule has 21 heavy (non-hydrogen) atoms. The van der Waals surface area contributed by atoms with E-state index in [1.165, 1.54) is 6.20 Å². The zero-order chi connectivity index (χ0) is 15.4. The van der Waals surface area contributed by atoms with Crippen molar-refractivity contribution in [1.29, 1.82) is 0 Å². The van der Waals surface area contributed by atoms with Crippen molar-refractivity contribution < 1.29 is 4.92 Å². The molecule has 2 rings (SSSR count). The van der Waals surface area contributed by atoms with Gasteiger partial charge in [0.25, 0.3) is 0 Å². The van der Waals surface area contributed by atoms with Crippen LogP contribution in [-0.4, -0.2) is 21.4 Å². The fourth-order valence-corrected chi connectivity index (χ4v) is 2.02. The van der Waals surface area contributed by atoms with Crippen LogP contribution in [0.3, 0.4) is 0 Å². The first-order chi connectivity index (χ1) is 10.0. The average molecular weight is 308 g/mol. The molecule has 0 aliphatic rings. The van der Waals surface area contributed by atoms with Crippen molar-refractivity contribution >= 4 is 34.7 Å². The third kappa shape index (κ3) is 3.38. The number of nitro groups is 1. The summed E-state index contributed by atoms with van der Waals surface area (Å²) in [5.74, 6) is 0.414. The molecular weight excluding hydrogens is 294 g/mol. The van der Waals surface area contributed by atoms with Crippen LogP contribution in [0, 0.1) is 17.0 Å². The highest BCUT2D eigenvalue weighted by Crippen LogP contribution is 2.31. The van der Waals surface area contributed by atoms with Gasteiger partial charge in [-0.05, 0) is 25.5 Å². The smallest absolute Gasteiger partial charge is 0.329 e. The first kappa shape index (κ1) is 15.0. The lowest BCUT2D eigenvalue weighted by Gasteiger charge is -2.11. The molecule has 1 aromatic heterocycles. The minimum atomic E-state index is -0.537. The van der Waals surface area contributed by atoms with E-state index in [1.807, 2.05) is 19.9 Å². The van der Waals surface area contributed by atoms with Gasteiger partial charge >= 0.3 is 5.69 Å². The van der Waals surface area contributed by atoms with Gasteiger partial charge in [0.1, 0.15) is 6.20 Å². The monoisotopic (exact) mass is 307 g/mol. The van der Waals surface area contributed by atoms with Crippen molar-refractivity contribution in [3.63, 3.8) is 0 Å². The second-order valence-electron chi connectivity index (χ2n) is 4.27. The van der Waals surface area contributed by atoms with E-state index >= 15 is 0 Å². The highest BCUT2D eigenvalue weighted by molar-refractivity contribution is 6.33. The van der Waals surface area contributed by atoms with Crippen molar-refractivity contribution in [3.05, 3.63) is 45.1 Å². The summed E-state index contributed by atoms with van der Waals surface area (Å²) in [7, 11) is 0. The van der Waals surface area contributed by atoms with Crippen LogP contribution in [0.2, 0.25) is 5.02 Å². The molecule has 0 radical (unpaired) electrons. The third-order valence-corrected chi connectivity index (χ3v) is 3.08. The van der Waals surface area contributed by atoms with Gasteiger partial charge in [-0.3, -0.25) is 10.1 Å². The quantitative estimate of drug-likeness (QED) is 0.648. The Morgan fingerprint density at radius 3 is 2.81 bits per heavy atom. The lowest BCUT2D eigenvalue weighted by molar-refractivity contribution is -0.384. The molecular formula is C13H14ClN5O2. The van der Waals surface area contributed by atoms with E-state index in [0.29, 0.717) is 23.2 Å². The van der Waals surface area contributed by atoms with Gasteiger partial charge in [-0.1, -0.05) is 23.7 Å². The summed E-state index contributed by atoms with van der Waals surface area (Å²) in [4.78, 5) is 18.6. The molecule has 0 saturated carbocycles. The van der Waals surface area contributed by atoms with Crippen LogP contribution in [-0.2, 0) is 0 Å². The SMILES string of the molecule is CCNc1ncc([N+](=O)[O-])c(Nc2c(C)cccc2Cl)n1. The summed E-state index contributed by atoms with van der Waals surface area (Å²) in [6, 6.07) is 5.36. The molecule has 2 N–H and O–H groups in total. The van der Waals surface area contributed by atoms with E-state index < -0.39 is 4.92 Å². The van der Waals surface area contributed by atoms with E-state index in [2.05, 4.69) is 20.6 Å². The van der Waals surface area contributed by atoms with E-state index in [4.69, 9.17) is 11.6 Å². The Morgan fingerprint density at radius 2 is 2.19 bits per heavy atom. The molecule has 1 heterocycles. The second-order valence-corrected chi connectivity index (χ2v) is 4.68. The van der Waals surface area contributed by atoms with Crippen molar-refractivity contribution in [1.82, 2.24) is 9.97 Å². The zero-order valence-electron chi connectivity index (χ0n) is 11.6. The van der Waals surface area contributed by atoms with E-state index in [-0.39, 0.29) is 11.5 Å². The Hall–Kier alpha value is -2.41. The topological polar surface area (TPSA) is 93.0 Å². The van der Waals surface area contributed by atoms with Gasteiger partial charge in [-0.15, -0.1) is 0 Å². The Bertz CT molecular complexity index is 657. The van der Waals surface area contributed by atoms with Crippen LogP contribution < -0.4 is 10.6 Å². The summed E-state index contributed by atoms with van der Waals surface area (Å²) in [6.07, 6.45) is 1.17. The lowest BCUT2D eigenvalue weighted by atomic mass is 10.2. The summed E-state index contributed by atoms with van der Waals surface area (Å²) in [5, 5.41) is 17.4. The van der Waals surface area contributed by atoms with Crippen LogP contribution >= 0.6 is 11.6 Å². The molecule has 0 aliphatic carbocycles. The normalized spacial score (nSPS) is 10.2. The van der Waals surface area contributed by atoms with Gasteiger partial charge < -0.3 is 10.6 Å². The summed E-state index contributed by atoms with van der Waals surface area (Å²) < 4.78 is 0. The summed E-state index contributed by atoms with van der Waals surface area (Å²) in [6.45, 7) is 4.35. The maximum absolute atomic E-state index is 11.1. The van der Waals surface area contributed by atoms with Crippen molar-refractivity contribution in [3.8, 4) is 0 Å². The van der Waals surface area contributed by atoms with Crippen LogP contribution in [0.5, 0.6) is 0 Å². The first-order valence-corrected chi connectivity index (χ1v) is 6.68. The molecule has 0 fully saturated rings. The molecule has 1 aromatic carbocycles. The zero-order valence-corrected chi connectivity index (χ0v) is 12.3. The number of aryl methyl sites for hydroxylation is 1. The number of hydrogen-bond donors (Lipinski definition) is 2. The van der Waals surface area contributed by atoms with Crippen molar-refractivity contribution in [2.45, 2.75) is 13.8 Å². The van der Waals surface area contributed by atoms with Gasteiger partial charge in [0, 0.05) is 6.54 Å². The second kappa shape index (κ2) is 6.36. The number of nitrogens with zero attached hydrogens (tertiary/aromatic N) is 3. The molecule has 0 amide bonds. The molecule has 0 bridgehead atoms. The molecule has 0 spiro atoms. The predicted octanol–water partition coefficient (Wildman–Crippen LogP) is 3.52. The van der Waals surface area contributed by atoms with E-state index in [1.54, 1.807) is 12.1 Å². The summed E-state index contributed by atoms with van der Waals surface area (Å²) >= 11 is 6.12. The number of nitrogens with one attached hydrogen (secondary N) is 2. The minimum Gasteiger partial charge on any atom is -0.354 e. The average Bonchev–Trinajstić information content (AvgIpc) is 2.43. The molecule has 0 atom stereocenters. The van der Waals surface area contributed by atoms with E-state index in [9.17, 15) is 10.1 Å². The first-order valence-electron chi connectivity index (χ1n) is 6.30. The molecule has 0 unspecified atom stereocenters. The van der Waals surface area contributed by atoms with Gasteiger partial charge in [0.05, 0.1) is 15.6 Å². The van der Waals surface area contributed by atoms with E-state index in [0.717, 1.165) is 5.56 Å². The Kier molecular flexibility index (Phi) is 4.54. The predicted molar refractivity (Wildman–Crippen MR) is 82.3 cm³/mol. The largest absolute Gasteiger partial charge is 0.354 e. The van der Waals surface area contributed by atoms with Gasteiger partial charge in [-0.25, -0.2) is 4.98 Å². The fourth-order valence-electron chi connectivity index (χ4n) is 1.75. The number of benzene rings is 1. The van der Waals surface area contributed by atoms with Gasteiger partial charge in [0.15, 0.2) is 0 Å². The standard InChI is InChI=1S/C13H14ClN5O2/c1-3-15-13-16-7-10(19(20)21)12(18-13)17-11-8(2)5-4-6-9(11)14/h4-7H,3H2,1-2H3,(H2,15,16,17,18). The van der Waals surface area contributed by atoms with Crippen LogP contribution in [0.1, 0.15) is 12.5 Å². The number of aromatic nitrogens is 2. The number of hydrogen-bond acceptors (Lipinski definition) is 6. The maximum atomic E-state index is 11.1. The van der Waals surface area contributed by atoms with Crippen LogP contribution in [0.4, 0.5) is 23.1 Å². The number of halogens is 1. The lowest BCUT2D eigenvalue weighted by Crippen LogP contribution is -2.07. The van der Waals surface area contributed by atoms with Gasteiger partial charge in [0.2, 0.25) is 11.8 Å². The highest BCUT2D eigenvalue weighted by atomic mass is 35.5. The number of anilines is 3. The number of para-hydroxylation sites is 1. The molecule has 0 aliphatic heterocycles. The fraction of sp³-hybridized carbons (Fsp3) is 0.231. The molecule has 0 saturated heterocycles. The van der Waals surface area contributed by atoms with Gasteiger partial charge in [-0.2, -0.15) is 4.98 Å². The molecule has 2 aromatic rings. The van der Waals surface area contributed by atoms with Crippen molar-refractivity contribution in [2.24, 2.45) is 0 Å². The molecule has 110 valence electrons. The Morgan fingerprint density at radius 1 is 1.43 bits per heavy atom. The maximum Gasteiger partial charge on any atom is 0.329 e. The third-order valence-electron chi connectivity index (χ3n) is 2.77. The van der Waals surface area contributed by atoms with Crippen LogP contribution in [0.25, 0.3) is 0 Å². The highest BCUT2D eigenvalue weighted by Gasteiger charge is 2.19. The molecule has 7 nitrogen and oxygen atoms in total. The van der Waals surface area contributed by atoms with Crippen molar-refractivity contribution in [2.75, 3.05) is 17.2 Å². The minimum absolute atomic E-state index is 0.0992. The number of rotatable bonds is 5. The Balaban J connectivity index is 2.46.